The van der Waals surface area contributed by atoms with Crippen molar-refractivity contribution in [2.24, 2.45) is 11.1 Å². The molecule has 20 heavy (non-hydrogen) atoms. The summed E-state index contributed by atoms with van der Waals surface area (Å²) in [5, 5.41) is 0. The Bertz CT molecular complexity index is 444. The minimum Gasteiger partial charge on any atom is -0.329 e. The van der Waals surface area contributed by atoms with E-state index < -0.39 is 0 Å². The Morgan fingerprint density at radius 1 is 1.15 bits per heavy atom. The van der Waals surface area contributed by atoms with Crippen LogP contribution in [0.3, 0.4) is 0 Å². The number of hydrogen-bond donors (Lipinski definition) is 1. The van der Waals surface area contributed by atoms with Crippen LogP contribution in [0.2, 0.25) is 0 Å². The monoisotopic (exact) mass is 336 g/mol. The maximum atomic E-state index is 6.07. The van der Waals surface area contributed by atoms with Gasteiger partial charge in [-0.1, -0.05) is 40.9 Å². The van der Waals surface area contributed by atoms with Crippen molar-refractivity contribution in [3.05, 3.63) is 34.3 Å². The lowest BCUT2D eigenvalue weighted by Gasteiger charge is -2.42. The number of benzene rings is 1. The van der Waals surface area contributed by atoms with Crippen molar-refractivity contribution in [1.29, 1.82) is 0 Å². The molecule has 1 aliphatic carbocycles. The van der Waals surface area contributed by atoms with Gasteiger partial charge in [0.15, 0.2) is 0 Å². The van der Waals surface area contributed by atoms with Gasteiger partial charge in [0, 0.05) is 17.1 Å². The molecule has 1 aliphatic heterocycles. The van der Waals surface area contributed by atoms with Crippen molar-refractivity contribution in [3.63, 3.8) is 0 Å². The molecule has 1 aromatic rings. The standard InChI is InChI=1S/C17H25BrN2/c18-15-5-3-4-14(12-15)16(13-19)20-10-8-17(9-11-20)6-1-2-7-17/h3-5,12,16H,1-2,6-11,13,19H2. The third kappa shape index (κ3) is 2.95. The first-order valence-corrected chi connectivity index (χ1v) is 8.71. The topological polar surface area (TPSA) is 29.3 Å². The van der Waals surface area contributed by atoms with Gasteiger partial charge in [0.25, 0.3) is 0 Å². The van der Waals surface area contributed by atoms with Gasteiger partial charge in [-0.15, -0.1) is 0 Å². The second kappa shape index (κ2) is 6.17. The molecular weight excluding hydrogens is 312 g/mol. The summed E-state index contributed by atoms with van der Waals surface area (Å²) in [5.74, 6) is 0. The number of hydrogen-bond acceptors (Lipinski definition) is 2. The van der Waals surface area contributed by atoms with E-state index in [0.29, 0.717) is 18.0 Å². The molecule has 0 amide bonds. The molecule has 0 bridgehead atoms. The van der Waals surface area contributed by atoms with Crippen LogP contribution in [0.5, 0.6) is 0 Å². The van der Waals surface area contributed by atoms with E-state index in [2.05, 4.69) is 45.1 Å². The van der Waals surface area contributed by atoms with E-state index in [1.54, 1.807) is 0 Å². The average molecular weight is 337 g/mol. The highest BCUT2D eigenvalue weighted by molar-refractivity contribution is 9.10. The maximum Gasteiger partial charge on any atom is 0.0470 e. The van der Waals surface area contributed by atoms with Crippen molar-refractivity contribution < 1.29 is 0 Å². The van der Waals surface area contributed by atoms with Crippen LogP contribution in [0, 0.1) is 5.41 Å². The van der Waals surface area contributed by atoms with Gasteiger partial charge < -0.3 is 5.73 Å². The fourth-order valence-corrected chi connectivity index (χ4v) is 4.56. The van der Waals surface area contributed by atoms with E-state index in [4.69, 9.17) is 5.73 Å². The highest BCUT2D eigenvalue weighted by Crippen LogP contribution is 2.47. The molecule has 2 aliphatic rings. The molecule has 1 aromatic carbocycles. The Morgan fingerprint density at radius 3 is 2.45 bits per heavy atom. The highest BCUT2D eigenvalue weighted by Gasteiger charge is 2.38. The highest BCUT2D eigenvalue weighted by atomic mass is 79.9. The molecule has 1 saturated carbocycles. The summed E-state index contributed by atoms with van der Waals surface area (Å²) in [6.07, 6.45) is 8.57. The average Bonchev–Trinajstić information content (AvgIpc) is 2.91. The smallest absolute Gasteiger partial charge is 0.0470 e. The van der Waals surface area contributed by atoms with Crippen molar-refractivity contribution in [2.45, 2.75) is 44.6 Å². The second-order valence-electron chi connectivity index (χ2n) is 6.55. The summed E-state index contributed by atoms with van der Waals surface area (Å²) in [5.41, 5.74) is 8.11. The van der Waals surface area contributed by atoms with Crippen LogP contribution in [0.4, 0.5) is 0 Å². The summed E-state index contributed by atoms with van der Waals surface area (Å²) in [6, 6.07) is 9.01. The number of nitrogens with two attached hydrogens (primary N) is 1. The molecule has 3 heteroatoms. The summed E-state index contributed by atoms with van der Waals surface area (Å²) in [6.45, 7) is 3.15. The number of nitrogens with zero attached hydrogens (tertiary/aromatic N) is 1. The SMILES string of the molecule is NCC(c1cccc(Br)c1)N1CCC2(CCCC2)CC1. The molecule has 0 aromatic heterocycles. The van der Waals surface area contributed by atoms with Crippen LogP contribution in [0.25, 0.3) is 0 Å². The van der Waals surface area contributed by atoms with Gasteiger partial charge in [0.2, 0.25) is 0 Å². The zero-order valence-electron chi connectivity index (χ0n) is 12.2. The number of halogens is 1. The third-order valence-corrected chi connectivity index (χ3v) is 5.91. The van der Waals surface area contributed by atoms with Gasteiger partial charge in [-0.25, -0.2) is 0 Å². The quantitative estimate of drug-likeness (QED) is 0.900. The lowest BCUT2D eigenvalue weighted by molar-refractivity contribution is 0.0780. The van der Waals surface area contributed by atoms with Crippen molar-refractivity contribution in [1.82, 2.24) is 4.90 Å². The zero-order chi connectivity index (χ0) is 14.0. The number of likely N-dealkylation sites (tertiary alicyclic amines) is 1. The fraction of sp³-hybridized carbons (Fsp3) is 0.647. The number of rotatable bonds is 3. The summed E-state index contributed by atoms with van der Waals surface area (Å²) < 4.78 is 1.15. The van der Waals surface area contributed by atoms with Gasteiger partial charge >= 0.3 is 0 Å². The van der Waals surface area contributed by atoms with Crippen molar-refractivity contribution in [2.75, 3.05) is 19.6 Å². The van der Waals surface area contributed by atoms with E-state index in [-0.39, 0.29) is 0 Å². The number of piperidine rings is 1. The molecule has 1 atom stereocenters. The molecule has 2 N–H and O–H groups in total. The lowest BCUT2D eigenvalue weighted by Crippen LogP contribution is -2.43. The maximum absolute atomic E-state index is 6.07. The van der Waals surface area contributed by atoms with Gasteiger partial charge in [0.05, 0.1) is 0 Å². The van der Waals surface area contributed by atoms with E-state index >= 15 is 0 Å². The molecule has 1 heterocycles. The van der Waals surface area contributed by atoms with Gasteiger partial charge in [0.1, 0.15) is 0 Å². The van der Waals surface area contributed by atoms with Gasteiger partial charge in [-0.3, -0.25) is 4.90 Å². The molecule has 110 valence electrons. The van der Waals surface area contributed by atoms with Gasteiger partial charge in [-0.05, 0) is 61.9 Å². The van der Waals surface area contributed by atoms with Crippen LogP contribution in [0.15, 0.2) is 28.7 Å². The molecule has 0 radical (unpaired) electrons. The largest absolute Gasteiger partial charge is 0.329 e. The second-order valence-corrected chi connectivity index (χ2v) is 7.47. The summed E-state index contributed by atoms with van der Waals surface area (Å²) in [7, 11) is 0. The van der Waals surface area contributed by atoms with E-state index in [1.807, 2.05) is 0 Å². The molecule has 2 fully saturated rings. The Balaban J connectivity index is 1.69. The van der Waals surface area contributed by atoms with Gasteiger partial charge in [-0.2, -0.15) is 0 Å². The Morgan fingerprint density at radius 2 is 1.85 bits per heavy atom. The minimum absolute atomic E-state index is 0.381. The normalized spacial score (nSPS) is 24.1. The van der Waals surface area contributed by atoms with E-state index in [1.165, 1.54) is 57.2 Å². The summed E-state index contributed by atoms with van der Waals surface area (Å²) >= 11 is 3.57. The minimum atomic E-state index is 0.381. The first-order chi connectivity index (χ1) is 9.72. The lowest BCUT2D eigenvalue weighted by atomic mass is 9.76. The fourth-order valence-electron chi connectivity index (χ4n) is 4.14. The Labute approximate surface area is 130 Å². The Kier molecular flexibility index (Phi) is 4.49. The first kappa shape index (κ1) is 14.6. The summed E-state index contributed by atoms with van der Waals surface area (Å²) in [4.78, 5) is 2.60. The molecule has 1 saturated heterocycles. The van der Waals surface area contributed by atoms with E-state index in [9.17, 15) is 0 Å². The molecular formula is C17H25BrN2. The van der Waals surface area contributed by atoms with Crippen LogP contribution < -0.4 is 5.73 Å². The van der Waals surface area contributed by atoms with Crippen LogP contribution in [0.1, 0.15) is 50.1 Å². The predicted molar refractivity (Wildman–Crippen MR) is 87.6 cm³/mol. The van der Waals surface area contributed by atoms with Crippen LogP contribution in [-0.4, -0.2) is 24.5 Å². The van der Waals surface area contributed by atoms with E-state index in [0.717, 1.165) is 4.47 Å². The zero-order valence-corrected chi connectivity index (χ0v) is 13.7. The molecule has 2 nitrogen and oxygen atoms in total. The first-order valence-electron chi connectivity index (χ1n) is 7.92. The van der Waals surface area contributed by atoms with Crippen LogP contribution >= 0.6 is 15.9 Å². The van der Waals surface area contributed by atoms with Crippen molar-refractivity contribution in [3.8, 4) is 0 Å². The molecule has 3 rings (SSSR count). The molecule has 1 spiro atoms. The van der Waals surface area contributed by atoms with Crippen molar-refractivity contribution >= 4 is 15.9 Å². The molecule has 1 unspecified atom stereocenters. The Hall–Kier alpha value is -0.380. The third-order valence-electron chi connectivity index (χ3n) is 5.42. The van der Waals surface area contributed by atoms with Crippen LogP contribution in [-0.2, 0) is 0 Å². The predicted octanol–water partition coefficient (Wildman–Crippen LogP) is 4.11.